The number of ether oxygens (including phenoxy) is 1. The van der Waals surface area contributed by atoms with Crippen LogP contribution in [-0.2, 0) is 6.42 Å². The van der Waals surface area contributed by atoms with E-state index in [0.717, 1.165) is 31.3 Å². The van der Waals surface area contributed by atoms with Gasteiger partial charge in [0.25, 0.3) is 0 Å². The Labute approximate surface area is 116 Å². The number of nitrogens with one attached hydrogen (secondary N) is 1. The first-order chi connectivity index (χ1) is 9.20. The molecule has 1 saturated carbocycles. The summed E-state index contributed by atoms with van der Waals surface area (Å²) in [7, 11) is 3.95. The van der Waals surface area contributed by atoms with Crippen molar-refractivity contribution >= 4 is 0 Å². The van der Waals surface area contributed by atoms with Gasteiger partial charge in [-0.05, 0) is 57.5 Å². The van der Waals surface area contributed by atoms with Gasteiger partial charge in [0.15, 0.2) is 0 Å². The van der Waals surface area contributed by atoms with Crippen molar-refractivity contribution in [2.24, 2.45) is 0 Å². The summed E-state index contributed by atoms with van der Waals surface area (Å²) in [6.45, 7) is 4.41. The number of nitrogens with zero attached hydrogens (tertiary/aromatic N) is 1. The van der Waals surface area contributed by atoms with Crippen LogP contribution in [0.5, 0.6) is 5.75 Å². The molecule has 1 aromatic rings. The smallest absolute Gasteiger partial charge is 0.118 e. The van der Waals surface area contributed by atoms with Crippen molar-refractivity contribution in [2.75, 3.05) is 27.2 Å². The van der Waals surface area contributed by atoms with Gasteiger partial charge >= 0.3 is 0 Å². The standard InChI is InChI=1S/C16H26N2O/c1-13(18(2)15-6-7-15)12-17-11-10-14-4-8-16(19-3)9-5-14/h4-5,8-9,13,15,17H,6-7,10-12H2,1-3H3. The van der Waals surface area contributed by atoms with E-state index in [4.69, 9.17) is 4.74 Å². The lowest BCUT2D eigenvalue weighted by molar-refractivity contribution is 0.241. The summed E-state index contributed by atoms with van der Waals surface area (Å²) in [5.74, 6) is 0.927. The Hall–Kier alpha value is -1.06. The number of hydrogen-bond donors (Lipinski definition) is 1. The molecule has 0 heterocycles. The molecule has 3 heteroatoms. The summed E-state index contributed by atoms with van der Waals surface area (Å²) in [4.78, 5) is 2.50. The fraction of sp³-hybridized carbons (Fsp3) is 0.625. The first-order valence-electron chi connectivity index (χ1n) is 7.26. The minimum absolute atomic E-state index is 0.628. The van der Waals surface area contributed by atoms with Crippen LogP contribution in [0.2, 0.25) is 0 Å². The monoisotopic (exact) mass is 262 g/mol. The molecular weight excluding hydrogens is 236 g/mol. The highest BCUT2D eigenvalue weighted by molar-refractivity contribution is 5.27. The van der Waals surface area contributed by atoms with Crippen molar-refractivity contribution in [3.05, 3.63) is 29.8 Å². The molecule has 1 N–H and O–H groups in total. The van der Waals surface area contributed by atoms with Crippen LogP contribution in [0.1, 0.15) is 25.3 Å². The number of hydrogen-bond acceptors (Lipinski definition) is 3. The maximum absolute atomic E-state index is 5.16. The van der Waals surface area contributed by atoms with Crippen LogP contribution in [0.4, 0.5) is 0 Å². The molecule has 1 fully saturated rings. The Bertz CT molecular complexity index is 373. The topological polar surface area (TPSA) is 24.5 Å². The molecule has 0 radical (unpaired) electrons. The van der Waals surface area contributed by atoms with Gasteiger partial charge in [-0.1, -0.05) is 12.1 Å². The van der Waals surface area contributed by atoms with Crippen LogP contribution in [0.15, 0.2) is 24.3 Å². The van der Waals surface area contributed by atoms with Crippen molar-refractivity contribution in [2.45, 2.75) is 38.3 Å². The Balaban J connectivity index is 1.62. The first kappa shape index (κ1) is 14.4. The SMILES string of the molecule is COc1ccc(CCNCC(C)N(C)C2CC2)cc1. The predicted octanol–water partition coefficient (Wildman–Crippen LogP) is 2.31. The maximum atomic E-state index is 5.16. The van der Waals surface area contributed by atoms with Crippen molar-refractivity contribution < 1.29 is 4.74 Å². The third-order valence-corrected chi connectivity index (χ3v) is 4.01. The minimum Gasteiger partial charge on any atom is -0.497 e. The largest absolute Gasteiger partial charge is 0.497 e. The Morgan fingerprint density at radius 1 is 1.32 bits per heavy atom. The van der Waals surface area contributed by atoms with E-state index >= 15 is 0 Å². The molecule has 2 rings (SSSR count). The molecule has 106 valence electrons. The summed E-state index contributed by atoms with van der Waals surface area (Å²) < 4.78 is 5.16. The molecular formula is C16H26N2O. The average Bonchev–Trinajstić information content (AvgIpc) is 3.27. The van der Waals surface area contributed by atoms with Crippen LogP contribution >= 0.6 is 0 Å². The summed E-state index contributed by atoms with van der Waals surface area (Å²) in [6, 6.07) is 9.81. The number of likely N-dealkylation sites (N-methyl/N-ethyl adjacent to an activating group) is 1. The van der Waals surface area contributed by atoms with Gasteiger partial charge in [-0.15, -0.1) is 0 Å². The highest BCUT2D eigenvalue weighted by Gasteiger charge is 2.28. The Kier molecular flexibility index (Phi) is 5.23. The Morgan fingerprint density at radius 3 is 2.58 bits per heavy atom. The quantitative estimate of drug-likeness (QED) is 0.728. The van der Waals surface area contributed by atoms with Crippen molar-refractivity contribution in [3.8, 4) is 5.75 Å². The van der Waals surface area contributed by atoms with E-state index < -0.39 is 0 Å². The van der Waals surface area contributed by atoms with E-state index in [1.165, 1.54) is 18.4 Å². The highest BCUT2D eigenvalue weighted by atomic mass is 16.5. The van der Waals surface area contributed by atoms with Crippen LogP contribution in [0.25, 0.3) is 0 Å². The van der Waals surface area contributed by atoms with Gasteiger partial charge in [0.2, 0.25) is 0 Å². The van der Waals surface area contributed by atoms with Gasteiger partial charge in [-0.2, -0.15) is 0 Å². The third kappa shape index (κ3) is 4.51. The predicted molar refractivity (Wildman–Crippen MR) is 79.8 cm³/mol. The molecule has 1 atom stereocenters. The van der Waals surface area contributed by atoms with Gasteiger partial charge in [0.05, 0.1) is 7.11 Å². The van der Waals surface area contributed by atoms with E-state index in [-0.39, 0.29) is 0 Å². The van der Waals surface area contributed by atoms with Crippen molar-refractivity contribution in [3.63, 3.8) is 0 Å². The van der Waals surface area contributed by atoms with E-state index in [9.17, 15) is 0 Å². The molecule has 1 unspecified atom stereocenters. The number of rotatable bonds is 8. The molecule has 0 amide bonds. The van der Waals surface area contributed by atoms with Crippen molar-refractivity contribution in [1.82, 2.24) is 10.2 Å². The minimum atomic E-state index is 0.628. The number of methoxy groups -OCH3 is 1. The van der Waals surface area contributed by atoms with Crippen LogP contribution in [0, 0.1) is 0 Å². The molecule has 0 aliphatic heterocycles. The molecule has 1 aliphatic carbocycles. The summed E-state index contributed by atoms with van der Waals surface area (Å²) in [6.07, 6.45) is 3.84. The van der Waals surface area contributed by atoms with Gasteiger partial charge in [-0.3, -0.25) is 4.90 Å². The summed E-state index contributed by atoms with van der Waals surface area (Å²) in [5.41, 5.74) is 1.36. The second kappa shape index (κ2) is 6.92. The fourth-order valence-corrected chi connectivity index (χ4v) is 2.32. The molecule has 0 spiro atoms. The van der Waals surface area contributed by atoms with Gasteiger partial charge in [0, 0.05) is 18.6 Å². The van der Waals surface area contributed by atoms with Crippen LogP contribution < -0.4 is 10.1 Å². The fourth-order valence-electron chi connectivity index (χ4n) is 2.32. The zero-order valence-corrected chi connectivity index (χ0v) is 12.4. The lowest BCUT2D eigenvalue weighted by atomic mass is 10.1. The van der Waals surface area contributed by atoms with E-state index in [2.05, 4.69) is 36.3 Å². The second-order valence-electron chi connectivity index (χ2n) is 5.55. The lowest BCUT2D eigenvalue weighted by Crippen LogP contribution is -2.39. The second-order valence-corrected chi connectivity index (χ2v) is 5.55. The zero-order chi connectivity index (χ0) is 13.7. The molecule has 3 nitrogen and oxygen atoms in total. The normalized spacial score (nSPS) is 16.6. The van der Waals surface area contributed by atoms with E-state index in [1.807, 2.05) is 12.1 Å². The summed E-state index contributed by atoms with van der Waals surface area (Å²) >= 11 is 0. The number of benzene rings is 1. The third-order valence-electron chi connectivity index (χ3n) is 4.01. The van der Waals surface area contributed by atoms with E-state index in [1.54, 1.807) is 7.11 Å². The molecule has 1 aliphatic rings. The molecule has 1 aromatic carbocycles. The molecule has 0 saturated heterocycles. The molecule has 0 aromatic heterocycles. The van der Waals surface area contributed by atoms with Crippen LogP contribution in [0.3, 0.4) is 0 Å². The summed E-state index contributed by atoms with van der Waals surface area (Å²) in [5, 5.41) is 3.55. The van der Waals surface area contributed by atoms with Crippen LogP contribution in [-0.4, -0.2) is 44.2 Å². The van der Waals surface area contributed by atoms with Gasteiger partial charge in [-0.25, -0.2) is 0 Å². The first-order valence-corrected chi connectivity index (χ1v) is 7.26. The lowest BCUT2D eigenvalue weighted by Gasteiger charge is -2.24. The van der Waals surface area contributed by atoms with Gasteiger partial charge < -0.3 is 10.1 Å². The molecule has 19 heavy (non-hydrogen) atoms. The highest BCUT2D eigenvalue weighted by Crippen LogP contribution is 2.26. The average molecular weight is 262 g/mol. The zero-order valence-electron chi connectivity index (χ0n) is 12.4. The molecule has 0 bridgehead atoms. The Morgan fingerprint density at radius 2 is 2.00 bits per heavy atom. The van der Waals surface area contributed by atoms with Crippen molar-refractivity contribution in [1.29, 1.82) is 0 Å². The maximum Gasteiger partial charge on any atom is 0.118 e. The van der Waals surface area contributed by atoms with Gasteiger partial charge in [0.1, 0.15) is 5.75 Å². The van der Waals surface area contributed by atoms with E-state index in [0.29, 0.717) is 6.04 Å².